The predicted octanol–water partition coefficient (Wildman–Crippen LogP) is 3.06. The molecule has 1 atom stereocenters. The van der Waals surface area contributed by atoms with E-state index in [1.165, 1.54) is 12.1 Å². The van der Waals surface area contributed by atoms with Crippen LogP contribution in [0.4, 0.5) is 11.4 Å². The SMILES string of the molecule is Cc1cc([N+](=O)[O-])ccc1NCC(CC(C)C)C(=O)O. The van der Waals surface area contributed by atoms with Crippen LogP contribution in [-0.2, 0) is 4.79 Å². The highest BCUT2D eigenvalue weighted by atomic mass is 16.6. The molecule has 0 aromatic heterocycles. The summed E-state index contributed by atoms with van der Waals surface area (Å²) in [6.07, 6.45) is 0.592. The van der Waals surface area contributed by atoms with E-state index in [4.69, 9.17) is 5.11 Å². The average Bonchev–Trinajstić information content (AvgIpc) is 2.34. The molecule has 0 bridgehead atoms. The molecule has 2 N–H and O–H groups in total. The molecule has 110 valence electrons. The Kier molecular flexibility index (Phi) is 5.49. The van der Waals surface area contributed by atoms with E-state index in [9.17, 15) is 14.9 Å². The van der Waals surface area contributed by atoms with Crippen LogP contribution in [-0.4, -0.2) is 22.5 Å². The van der Waals surface area contributed by atoms with E-state index in [1.54, 1.807) is 13.0 Å². The van der Waals surface area contributed by atoms with Gasteiger partial charge in [-0.1, -0.05) is 13.8 Å². The maximum Gasteiger partial charge on any atom is 0.308 e. The van der Waals surface area contributed by atoms with E-state index >= 15 is 0 Å². The molecule has 20 heavy (non-hydrogen) atoms. The minimum absolute atomic E-state index is 0.0324. The van der Waals surface area contributed by atoms with Crippen molar-refractivity contribution in [2.24, 2.45) is 11.8 Å². The van der Waals surface area contributed by atoms with E-state index in [0.29, 0.717) is 18.9 Å². The third-order valence-corrected chi connectivity index (χ3v) is 3.06. The number of anilines is 1. The number of nitrogens with one attached hydrogen (secondary N) is 1. The van der Waals surface area contributed by atoms with Gasteiger partial charge in [0.15, 0.2) is 0 Å². The molecule has 1 rings (SSSR count). The standard InChI is InChI=1S/C14H20N2O4/c1-9(2)6-11(14(17)18)8-15-13-5-4-12(16(19)20)7-10(13)3/h4-5,7,9,11,15H,6,8H2,1-3H3,(H,17,18). The molecular weight excluding hydrogens is 260 g/mol. The van der Waals surface area contributed by atoms with Crippen LogP contribution in [0.1, 0.15) is 25.8 Å². The summed E-state index contributed by atoms with van der Waals surface area (Å²) in [7, 11) is 0. The Morgan fingerprint density at radius 3 is 2.55 bits per heavy atom. The fraction of sp³-hybridized carbons (Fsp3) is 0.500. The van der Waals surface area contributed by atoms with Crippen molar-refractivity contribution in [2.75, 3.05) is 11.9 Å². The molecule has 1 unspecified atom stereocenters. The second-order valence-corrected chi connectivity index (χ2v) is 5.30. The number of nitro benzene ring substituents is 1. The van der Waals surface area contributed by atoms with Crippen LogP contribution in [0, 0.1) is 28.9 Å². The number of rotatable bonds is 7. The summed E-state index contributed by atoms with van der Waals surface area (Å²) in [5.41, 5.74) is 1.49. The van der Waals surface area contributed by atoms with Crippen LogP contribution in [0.25, 0.3) is 0 Å². The van der Waals surface area contributed by atoms with Crippen molar-refractivity contribution in [3.8, 4) is 0 Å². The molecular formula is C14H20N2O4. The highest BCUT2D eigenvalue weighted by Gasteiger charge is 2.19. The van der Waals surface area contributed by atoms with Crippen LogP contribution in [0.5, 0.6) is 0 Å². The van der Waals surface area contributed by atoms with E-state index < -0.39 is 16.8 Å². The van der Waals surface area contributed by atoms with Gasteiger partial charge in [-0.15, -0.1) is 0 Å². The Hall–Kier alpha value is -2.11. The van der Waals surface area contributed by atoms with Crippen molar-refractivity contribution in [1.82, 2.24) is 0 Å². The van der Waals surface area contributed by atoms with Gasteiger partial charge in [-0.2, -0.15) is 0 Å². The molecule has 0 aliphatic rings. The Morgan fingerprint density at radius 1 is 1.45 bits per heavy atom. The lowest BCUT2D eigenvalue weighted by Crippen LogP contribution is -2.24. The predicted molar refractivity (Wildman–Crippen MR) is 76.9 cm³/mol. The normalized spacial score (nSPS) is 12.2. The van der Waals surface area contributed by atoms with Crippen molar-refractivity contribution in [3.63, 3.8) is 0 Å². The number of hydrogen-bond donors (Lipinski definition) is 2. The summed E-state index contributed by atoms with van der Waals surface area (Å²) in [5, 5.41) is 22.9. The lowest BCUT2D eigenvalue weighted by Gasteiger charge is -2.17. The number of carboxylic acids is 1. The zero-order valence-corrected chi connectivity index (χ0v) is 11.9. The first kappa shape index (κ1) is 15.9. The monoisotopic (exact) mass is 280 g/mol. The first-order valence-corrected chi connectivity index (χ1v) is 6.53. The highest BCUT2D eigenvalue weighted by Crippen LogP contribution is 2.22. The number of aliphatic carboxylic acids is 1. The second kappa shape index (κ2) is 6.88. The van der Waals surface area contributed by atoms with Crippen molar-refractivity contribution in [1.29, 1.82) is 0 Å². The maximum absolute atomic E-state index is 11.2. The summed E-state index contributed by atoms with van der Waals surface area (Å²) >= 11 is 0. The lowest BCUT2D eigenvalue weighted by atomic mass is 9.97. The molecule has 6 nitrogen and oxygen atoms in total. The number of nitrogens with zero attached hydrogens (tertiary/aromatic N) is 1. The Labute approximate surface area is 118 Å². The fourth-order valence-corrected chi connectivity index (χ4v) is 2.03. The number of aryl methyl sites for hydroxylation is 1. The molecule has 0 heterocycles. The highest BCUT2D eigenvalue weighted by molar-refractivity contribution is 5.71. The molecule has 0 fully saturated rings. The van der Waals surface area contributed by atoms with Gasteiger partial charge in [-0.3, -0.25) is 14.9 Å². The van der Waals surface area contributed by atoms with Crippen molar-refractivity contribution >= 4 is 17.3 Å². The molecule has 0 amide bonds. The summed E-state index contributed by atoms with van der Waals surface area (Å²) in [6, 6.07) is 4.50. The number of nitro groups is 1. The van der Waals surface area contributed by atoms with E-state index in [-0.39, 0.29) is 5.69 Å². The van der Waals surface area contributed by atoms with Crippen molar-refractivity contribution < 1.29 is 14.8 Å². The van der Waals surface area contributed by atoms with Gasteiger partial charge in [-0.05, 0) is 30.9 Å². The molecule has 0 radical (unpaired) electrons. The Bertz CT molecular complexity index is 500. The third-order valence-electron chi connectivity index (χ3n) is 3.06. The zero-order chi connectivity index (χ0) is 15.3. The largest absolute Gasteiger partial charge is 0.481 e. The summed E-state index contributed by atoms with van der Waals surface area (Å²) in [5.74, 6) is -0.994. The van der Waals surface area contributed by atoms with Gasteiger partial charge < -0.3 is 10.4 Å². The number of hydrogen-bond acceptors (Lipinski definition) is 4. The van der Waals surface area contributed by atoms with E-state index in [0.717, 1.165) is 11.3 Å². The molecule has 0 aliphatic carbocycles. The zero-order valence-electron chi connectivity index (χ0n) is 11.9. The average molecular weight is 280 g/mol. The maximum atomic E-state index is 11.2. The van der Waals surface area contributed by atoms with Crippen LogP contribution >= 0.6 is 0 Å². The molecule has 1 aromatic rings. The van der Waals surface area contributed by atoms with E-state index in [2.05, 4.69) is 5.32 Å². The summed E-state index contributed by atoms with van der Waals surface area (Å²) in [4.78, 5) is 21.4. The van der Waals surface area contributed by atoms with Gasteiger partial charge in [0.25, 0.3) is 5.69 Å². The Balaban J connectivity index is 2.73. The van der Waals surface area contributed by atoms with E-state index in [1.807, 2.05) is 13.8 Å². The Morgan fingerprint density at radius 2 is 2.10 bits per heavy atom. The van der Waals surface area contributed by atoms with Gasteiger partial charge in [0.1, 0.15) is 0 Å². The molecule has 1 aromatic carbocycles. The van der Waals surface area contributed by atoms with Gasteiger partial charge in [0.05, 0.1) is 10.8 Å². The first-order chi connectivity index (χ1) is 9.31. The van der Waals surface area contributed by atoms with Gasteiger partial charge >= 0.3 is 5.97 Å². The number of carbonyl (C=O) groups is 1. The van der Waals surface area contributed by atoms with Gasteiger partial charge in [0.2, 0.25) is 0 Å². The second-order valence-electron chi connectivity index (χ2n) is 5.30. The third kappa shape index (κ3) is 4.53. The molecule has 0 saturated carbocycles. The quantitative estimate of drug-likeness (QED) is 0.591. The smallest absolute Gasteiger partial charge is 0.308 e. The van der Waals surface area contributed by atoms with Crippen LogP contribution in [0.2, 0.25) is 0 Å². The van der Waals surface area contributed by atoms with Crippen LogP contribution in [0.3, 0.4) is 0 Å². The first-order valence-electron chi connectivity index (χ1n) is 6.53. The summed E-state index contributed by atoms with van der Waals surface area (Å²) in [6.45, 7) is 6.03. The van der Waals surface area contributed by atoms with Gasteiger partial charge in [0, 0.05) is 24.4 Å². The number of carboxylic acid groups (broad SMARTS) is 1. The molecule has 0 aliphatic heterocycles. The van der Waals surface area contributed by atoms with Crippen LogP contribution < -0.4 is 5.32 Å². The fourth-order valence-electron chi connectivity index (χ4n) is 2.03. The molecule has 6 heteroatoms. The van der Waals surface area contributed by atoms with Crippen molar-refractivity contribution in [2.45, 2.75) is 27.2 Å². The van der Waals surface area contributed by atoms with Gasteiger partial charge in [-0.25, -0.2) is 0 Å². The lowest BCUT2D eigenvalue weighted by molar-refractivity contribution is -0.384. The minimum Gasteiger partial charge on any atom is -0.481 e. The number of non-ortho nitro benzene ring substituents is 1. The minimum atomic E-state index is -0.828. The number of benzene rings is 1. The van der Waals surface area contributed by atoms with Crippen LogP contribution in [0.15, 0.2) is 18.2 Å². The summed E-state index contributed by atoms with van der Waals surface area (Å²) < 4.78 is 0. The molecule has 0 saturated heterocycles. The topological polar surface area (TPSA) is 92.5 Å². The van der Waals surface area contributed by atoms with Crippen molar-refractivity contribution in [3.05, 3.63) is 33.9 Å². The molecule has 0 spiro atoms.